The van der Waals surface area contributed by atoms with Crippen LogP contribution in [0.3, 0.4) is 0 Å². The Balaban J connectivity index is 2.69. The van der Waals surface area contributed by atoms with Gasteiger partial charge in [-0.1, -0.05) is 0 Å². The molecule has 0 aromatic carbocycles. The predicted molar refractivity (Wildman–Crippen MR) is 46.4 cm³/mol. The van der Waals surface area contributed by atoms with E-state index < -0.39 is 0 Å². The molecule has 0 aliphatic rings. The van der Waals surface area contributed by atoms with E-state index in [9.17, 15) is 0 Å². The molecule has 0 spiro atoms. The number of hydrogen-bond acceptors (Lipinski definition) is 3. The lowest BCUT2D eigenvalue weighted by molar-refractivity contribution is 0.939. The number of nitrogens with zero attached hydrogens (tertiary/aromatic N) is 3. The Morgan fingerprint density at radius 3 is 3.08 bits per heavy atom. The molecular weight excluding hydrogens is 152 g/mol. The third kappa shape index (κ3) is 0.967. The summed E-state index contributed by atoms with van der Waals surface area (Å²) in [5, 5.41) is 0. The molecule has 4 nitrogen and oxygen atoms in total. The SMILES string of the molecule is Cn1cnc2cc(CN)ncc21. The molecular formula is C8H10N4. The molecule has 0 saturated heterocycles. The maximum atomic E-state index is 5.45. The molecule has 2 heterocycles. The monoisotopic (exact) mass is 162 g/mol. The third-order valence-electron chi connectivity index (χ3n) is 1.88. The zero-order valence-corrected chi connectivity index (χ0v) is 6.86. The second-order valence-electron chi connectivity index (χ2n) is 2.72. The van der Waals surface area contributed by atoms with Gasteiger partial charge in [0.25, 0.3) is 0 Å². The Morgan fingerprint density at radius 1 is 1.50 bits per heavy atom. The van der Waals surface area contributed by atoms with E-state index in [2.05, 4.69) is 9.97 Å². The second-order valence-corrected chi connectivity index (χ2v) is 2.72. The lowest BCUT2D eigenvalue weighted by atomic mass is 10.3. The van der Waals surface area contributed by atoms with E-state index in [4.69, 9.17) is 5.73 Å². The van der Waals surface area contributed by atoms with Crippen LogP contribution in [0.5, 0.6) is 0 Å². The molecule has 12 heavy (non-hydrogen) atoms. The molecule has 0 radical (unpaired) electrons. The Morgan fingerprint density at radius 2 is 2.33 bits per heavy atom. The van der Waals surface area contributed by atoms with E-state index in [0.29, 0.717) is 6.54 Å². The first-order valence-electron chi connectivity index (χ1n) is 3.77. The summed E-state index contributed by atoms with van der Waals surface area (Å²) in [4.78, 5) is 8.37. The zero-order chi connectivity index (χ0) is 8.55. The normalized spacial score (nSPS) is 10.8. The van der Waals surface area contributed by atoms with Crippen molar-refractivity contribution in [3.05, 3.63) is 24.3 Å². The van der Waals surface area contributed by atoms with E-state index in [1.807, 2.05) is 17.7 Å². The number of aryl methyl sites for hydroxylation is 1. The van der Waals surface area contributed by atoms with Gasteiger partial charge in [0.15, 0.2) is 0 Å². The van der Waals surface area contributed by atoms with Crippen molar-refractivity contribution >= 4 is 11.0 Å². The molecule has 0 fully saturated rings. The number of rotatable bonds is 1. The zero-order valence-electron chi connectivity index (χ0n) is 6.86. The number of hydrogen-bond donors (Lipinski definition) is 1. The van der Waals surface area contributed by atoms with E-state index >= 15 is 0 Å². The molecule has 0 atom stereocenters. The lowest BCUT2D eigenvalue weighted by Gasteiger charge is -1.95. The average molecular weight is 162 g/mol. The molecule has 0 aliphatic carbocycles. The predicted octanol–water partition coefficient (Wildman–Crippen LogP) is 0.427. The second kappa shape index (κ2) is 2.57. The average Bonchev–Trinajstić information content (AvgIpc) is 2.47. The van der Waals surface area contributed by atoms with Crippen molar-refractivity contribution in [2.24, 2.45) is 12.8 Å². The summed E-state index contributed by atoms with van der Waals surface area (Å²) in [7, 11) is 1.94. The highest BCUT2D eigenvalue weighted by Gasteiger charge is 2.00. The molecule has 0 aliphatic heterocycles. The van der Waals surface area contributed by atoms with Gasteiger partial charge in [-0.25, -0.2) is 4.98 Å². The third-order valence-corrected chi connectivity index (χ3v) is 1.88. The number of imidazole rings is 1. The fourth-order valence-corrected chi connectivity index (χ4v) is 1.18. The van der Waals surface area contributed by atoms with E-state index in [1.54, 1.807) is 12.5 Å². The maximum absolute atomic E-state index is 5.45. The van der Waals surface area contributed by atoms with Gasteiger partial charge in [0.2, 0.25) is 0 Å². The van der Waals surface area contributed by atoms with Gasteiger partial charge < -0.3 is 10.3 Å². The van der Waals surface area contributed by atoms with Gasteiger partial charge in [-0.2, -0.15) is 0 Å². The van der Waals surface area contributed by atoms with Crippen LogP contribution in [-0.2, 0) is 13.6 Å². The minimum atomic E-state index is 0.465. The highest BCUT2D eigenvalue weighted by Crippen LogP contribution is 2.10. The van der Waals surface area contributed by atoms with Crippen LogP contribution < -0.4 is 5.73 Å². The van der Waals surface area contributed by atoms with E-state index in [-0.39, 0.29) is 0 Å². The number of pyridine rings is 1. The van der Waals surface area contributed by atoms with Gasteiger partial charge in [0.1, 0.15) is 0 Å². The quantitative estimate of drug-likeness (QED) is 0.661. The summed E-state index contributed by atoms with van der Waals surface area (Å²) < 4.78 is 1.93. The Bertz CT molecular complexity index is 404. The summed E-state index contributed by atoms with van der Waals surface area (Å²) in [6.07, 6.45) is 3.57. The van der Waals surface area contributed by atoms with Gasteiger partial charge in [0.05, 0.1) is 29.3 Å². The summed E-state index contributed by atoms with van der Waals surface area (Å²) in [6.45, 7) is 0.465. The Kier molecular flexibility index (Phi) is 1.55. The van der Waals surface area contributed by atoms with Crippen LogP contribution in [0.25, 0.3) is 11.0 Å². The van der Waals surface area contributed by atoms with Crippen LogP contribution in [0.1, 0.15) is 5.69 Å². The first kappa shape index (κ1) is 7.24. The molecule has 62 valence electrons. The highest BCUT2D eigenvalue weighted by atomic mass is 15.0. The van der Waals surface area contributed by atoms with Gasteiger partial charge in [-0.05, 0) is 6.07 Å². The van der Waals surface area contributed by atoms with Crippen molar-refractivity contribution in [3.63, 3.8) is 0 Å². The minimum absolute atomic E-state index is 0.465. The minimum Gasteiger partial charge on any atom is -0.332 e. The van der Waals surface area contributed by atoms with Crippen LogP contribution in [0.15, 0.2) is 18.6 Å². The molecule has 2 aromatic rings. The standard InChI is InChI=1S/C8H10N4/c1-12-5-11-7-2-6(3-9)10-4-8(7)12/h2,4-5H,3,9H2,1H3. The van der Waals surface area contributed by atoms with Crippen molar-refractivity contribution < 1.29 is 0 Å². The highest BCUT2D eigenvalue weighted by molar-refractivity contribution is 5.74. The van der Waals surface area contributed by atoms with Crippen LogP contribution in [-0.4, -0.2) is 14.5 Å². The summed E-state index contributed by atoms with van der Waals surface area (Å²) >= 11 is 0. The van der Waals surface area contributed by atoms with Crippen molar-refractivity contribution in [1.29, 1.82) is 0 Å². The van der Waals surface area contributed by atoms with Crippen molar-refractivity contribution in [3.8, 4) is 0 Å². The first-order valence-corrected chi connectivity index (χ1v) is 3.77. The number of aromatic nitrogens is 3. The van der Waals surface area contributed by atoms with Crippen molar-refractivity contribution in [1.82, 2.24) is 14.5 Å². The number of fused-ring (bicyclic) bond motifs is 1. The molecule has 2 rings (SSSR count). The van der Waals surface area contributed by atoms with Gasteiger partial charge in [-0.3, -0.25) is 4.98 Å². The lowest BCUT2D eigenvalue weighted by Crippen LogP contribution is -1.99. The molecule has 0 unspecified atom stereocenters. The molecule has 0 amide bonds. The molecule has 2 N–H and O–H groups in total. The topological polar surface area (TPSA) is 56.7 Å². The fourth-order valence-electron chi connectivity index (χ4n) is 1.18. The first-order chi connectivity index (χ1) is 5.81. The largest absolute Gasteiger partial charge is 0.332 e. The van der Waals surface area contributed by atoms with Crippen molar-refractivity contribution in [2.75, 3.05) is 0 Å². The van der Waals surface area contributed by atoms with Crippen LogP contribution in [0, 0.1) is 0 Å². The molecule has 0 bridgehead atoms. The fraction of sp³-hybridized carbons (Fsp3) is 0.250. The Hall–Kier alpha value is -1.42. The summed E-state index contributed by atoms with van der Waals surface area (Å²) in [5.41, 5.74) is 8.31. The van der Waals surface area contributed by atoms with Crippen LogP contribution >= 0.6 is 0 Å². The van der Waals surface area contributed by atoms with E-state index in [1.165, 1.54) is 0 Å². The van der Waals surface area contributed by atoms with Crippen LogP contribution in [0.2, 0.25) is 0 Å². The van der Waals surface area contributed by atoms with Crippen molar-refractivity contribution in [2.45, 2.75) is 6.54 Å². The van der Waals surface area contributed by atoms with Gasteiger partial charge in [0, 0.05) is 13.6 Å². The van der Waals surface area contributed by atoms with Gasteiger partial charge in [-0.15, -0.1) is 0 Å². The van der Waals surface area contributed by atoms with E-state index in [0.717, 1.165) is 16.7 Å². The molecule has 0 saturated carbocycles. The van der Waals surface area contributed by atoms with Crippen LogP contribution in [0.4, 0.5) is 0 Å². The summed E-state index contributed by atoms with van der Waals surface area (Å²) in [5.74, 6) is 0. The smallest absolute Gasteiger partial charge is 0.0956 e. The molecule has 2 aromatic heterocycles. The number of nitrogens with two attached hydrogens (primary N) is 1. The Labute approximate surface area is 70.0 Å². The molecule has 4 heteroatoms. The van der Waals surface area contributed by atoms with Gasteiger partial charge >= 0.3 is 0 Å². The maximum Gasteiger partial charge on any atom is 0.0956 e. The summed E-state index contributed by atoms with van der Waals surface area (Å²) in [6, 6.07) is 1.91.